The second-order valence-corrected chi connectivity index (χ2v) is 4.91. The number of nitrogens with one attached hydrogen (secondary N) is 1. The fraction of sp³-hybridized carbons (Fsp3) is 0.467. The van der Waals surface area contributed by atoms with E-state index in [0.717, 1.165) is 25.3 Å². The van der Waals surface area contributed by atoms with Crippen molar-refractivity contribution in [2.75, 3.05) is 0 Å². The van der Waals surface area contributed by atoms with Crippen LogP contribution in [0, 0.1) is 6.92 Å². The van der Waals surface area contributed by atoms with Gasteiger partial charge in [0.05, 0.1) is 6.54 Å². The Bertz CT molecular complexity index is 501. The van der Waals surface area contributed by atoms with Crippen LogP contribution in [0.2, 0.25) is 0 Å². The predicted molar refractivity (Wildman–Crippen MR) is 76.7 cm³/mol. The van der Waals surface area contributed by atoms with Crippen molar-refractivity contribution in [3.8, 4) is 0 Å². The zero-order valence-electron chi connectivity index (χ0n) is 11.9. The van der Waals surface area contributed by atoms with Crippen molar-refractivity contribution in [3.63, 3.8) is 0 Å². The zero-order valence-corrected chi connectivity index (χ0v) is 11.9. The highest BCUT2D eigenvalue weighted by Crippen LogP contribution is 2.13. The van der Waals surface area contributed by atoms with Gasteiger partial charge < -0.3 is 5.32 Å². The van der Waals surface area contributed by atoms with E-state index in [1.165, 1.54) is 11.1 Å². The molecule has 0 aliphatic heterocycles. The van der Waals surface area contributed by atoms with Crippen LogP contribution in [0.5, 0.6) is 0 Å². The highest BCUT2D eigenvalue weighted by Gasteiger charge is 2.07. The molecule has 0 aliphatic rings. The van der Waals surface area contributed by atoms with Gasteiger partial charge in [-0.3, -0.25) is 0 Å². The maximum absolute atomic E-state index is 4.30. The Morgan fingerprint density at radius 1 is 1.26 bits per heavy atom. The lowest BCUT2D eigenvalue weighted by atomic mass is 10.1. The molecule has 0 saturated carbocycles. The van der Waals surface area contributed by atoms with Gasteiger partial charge in [0.1, 0.15) is 12.2 Å². The first-order valence-corrected chi connectivity index (χ1v) is 6.87. The Kier molecular flexibility index (Phi) is 4.68. The SMILES string of the molecule is CCCn1ncnc1CNC(C)c1ccc(C)cc1. The molecule has 0 radical (unpaired) electrons. The lowest BCUT2D eigenvalue weighted by molar-refractivity contribution is 0.509. The van der Waals surface area contributed by atoms with Crippen LogP contribution in [0.4, 0.5) is 0 Å². The first kappa shape index (κ1) is 13.7. The molecular weight excluding hydrogens is 236 g/mol. The third-order valence-electron chi connectivity index (χ3n) is 3.27. The first-order chi connectivity index (χ1) is 9.20. The van der Waals surface area contributed by atoms with Crippen LogP contribution in [0.25, 0.3) is 0 Å². The highest BCUT2D eigenvalue weighted by atomic mass is 15.3. The van der Waals surface area contributed by atoms with Gasteiger partial charge in [0.2, 0.25) is 0 Å². The summed E-state index contributed by atoms with van der Waals surface area (Å²) in [5.74, 6) is 1.00. The van der Waals surface area contributed by atoms with Crippen LogP contribution in [0.15, 0.2) is 30.6 Å². The van der Waals surface area contributed by atoms with E-state index in [9.17, 15) is 0 Å². The van der Waals surface area contributed by atoms with E-state index in [-0.39, 0.29) is 0 Å². The van der Waals surface area contributed by atoms with Gasteiger partial charge in [-0.1, -0.05) is 36.8 Å². The highest BCUT2D eigenvalue weighted by molar-refractivity contribution is 5.23. The second kappa shape index (κ2) is 6.48. The largest absolute Gasteiger partial charge is 0.303 e. The maximum atomic E-state index is 4.30. The summed E-state index contributed by atoms with van der Waals surface area (Å²) in [5.41, 5.74) is 2.59. The third-order valence-corrected chi connectivity index (χ3v) is 3.27. The average Bonchev–Trinajstić information content (AvgIpc) is 2.85. The Morgan fingerprint density at radius 2 is 2.00 bits per heavy atom. The maximum Gasteiger partial charge on any atom is 0.140 e. The Morgan fingerprint density at radius 3 is 2.68 bits per heavy atom. The zero-order chi connectivity index (χ0) is 13.7. The van der Waals surface area contributed by atoms with E-state index < -0.39 is 0 Å². The van der Waals surface area contributed by atoms with E-state index in [0.29, 0.717) is 6.04 Å². The number of nitrogens with zero attached hydrogens (tertiary/aromatic N) is 3. The molecule has 1 unspecified atom stereocenters. The molecule has 2 aromatic rings. The molecule has 1 aromatic carbocycles. The molecule has 0 saturated heterocycles. The molecule has 1 aromatic heterocycles. The van der Waals surface area contributed by atoms with Crippen LogP contribution in [0.1, 0.15) is 43.3 Å². The third kappa shape index (κ3) is 3.64. The van der Waals surface area contributed by atoms with Crippen LogP contribution < -0.4 is 5.32 Å². The summed E-state index contributed by atoms with van der Waals surface area (Å²) in [6.45, 7) is 8.10. The number of hydrogen-bond donors (Lipinski definition) is 1. The van der Waals surface area contributed by atoms with Gasteiger partial charge in [-0.15, -0.1) is 0 Å². The van der Waals surface area contributed by atoms with Crippen molar-refractivity contribution in [2.45, 2.75) is 46.3 Å². The lowest BCUT2D eigenvalue weighted by Crippen LogP contribution is -2.21. The van der Waals surface area contributed by atoms with E-state index in [4.69, 9.17) is 0 Å². The van der Waals surface area contributed by atoms with Crippen LogP contribution in [0.3, 0.4) is 0 Å². The molecule has 0 aliphatic carbocycles. The molecule has 4 heteroatoms. The van der Waals surface area contributed by atoms with Crippen molar-refractivity contribution in [1.82, 2.24) is 20.1 Å². The molecule has 1 atom stereocenters. The quantitative estimate of drug-likeness (QED) is 0.866. The minimum Gasteiger partial charge on any atom is -0.303 e. The molecule has 1 heterocycles. The van der Waals surface area contributed by atoms with Gasteiger partial charge in [-0.2, -0.15) is 5.10 Å². The van der Waals surface area contributed by atoms with Crippen LogP contribution in [-0.2, 0) is 13.1 Å². The minimum atomic E-state index is 0.312. The molecule has 0 spiro atoms. The molecule has 1 N–H and O–H groups in total. The normalized spacial score (nSPS) is 12.6. The smallest absolute Gasteiger partial charge is 0.140 e. The van der Waals surface area contributed by atoms with Crippen molar-refractivity contribution < 1.29 is 0 Å². The molecule has 0 fully saturated rings. The predicted octanol–water partition coefficient (Wildman–Crippen LogP) is 2.85. The standard InChI is InChI=1S/C15H22N4/c1-4-9-19-15(17-11-18-19)10-16-13(3)14-7-5-12(2)6-8-14/h5-8,11,13,16H,4,9-10H2,1-3H3. The molecular formula is C15H22N4. The van der Waals surface area contributed by atoms with Gasteiger partial charge >= 0.3 is 0 Å². The Hall–Kier alpha value is -1.68. The summed E-state index contributed by atoms with van der Waals surface area (Å²) < 4.78 is 1.97. The second-order valence-electron chi connectivity index (χ2n) is 4.91. The summed E-state index contributed by atoms with van der Waals surface area (Å²) in [6.07, 6.45) is 2.70. The summed E-state index contributed by atoms with van der Waals surface area (Å²) in [7, 11) is 0. The van der Waals surface area contributed by atoms with Crippen molar-refractivity contribution in [3.05, 3.63) is 47.5 Å². The molecule has 0 bridgehead atoms. The van der Waals surface area contributed by atoms with Crippen molar-refractivity contribution in [1.29, 1.82) is 0 Å². The topological polar surface area (TPSA) is 42.7 Å². The lowest BCUT2D eigenvalue weighted by Gasteiger charge is -2.14. The molecule has 19 heavy (non-hydrogen) atoms. The first-order valence-electron chi connectivity index (χ1n) is 6.87. The van der Waals surface area contributed by atoms with E-state index >= 15 is 0 Å². The van der Waals surface area contributed by atoms with Gasteiger partial charge in [0.25, 0.3) is 0 Å². The number of rotatable bonds is 6. The number of aryl methyl sites for hydroxylation is 2. The van der Waals surface area contributed by atoms with Gasteiger partial charge in [0.15, 0.2) is 0 Å². The summed E-state index contributed by atoms with van der Waals surface area (Å²) >= 11 is 0. The van der Waals surface area contributed by atoms with E-state index in [1.807, 2.05) is 4.68 Å². The van der Waals surface area contributed by atoms with Crippen LogP contribution >= 0.6 is 0 Å². The number of aromatic nitrogens is 3. The monoisotopic (exact) mass is 258 g/mol. The van der Waals surface area contributed by atoms with Gasteiger partial charge in [-0.25, -0.2) is 9.67 Å². The summed E-state index contributed by atoms with van der Waals surface area (Å²) in [5, 5.41) is 7.73. The summed E-state index contributed by atoms with van der Waals surface area (Å²) in [6, 6.07) is 8.95. The van der Waals surface area contributed by atoms with Crippen LogP contribution in [-0.4, -0.2) is 14.8 Å². The number of benzene rings is 1. The minimum absolute atomic E-state index is 0.312. The van der Waals surface area contributed by atoms with E-state index in [2.05, 4.69) is 60.4 Å². The molecule has 2 rings (SSSR count). The summed E-state index contributed by atoms with van der Waals surface area (Å²) in [4.78, 5) is 4.30. The molecule has 0 amide bonds. The van der Waals surface area contributed by atoms with Gasteiger partial charge in [0, 0.05) is 12.6 Å². The molecule has 102 valence electrons. The molecule has 4 nitrogen and oxygen atoms in total. The average molecular weight is 258 g/mol. The Labute approximate surface area is 114 Å². The number of hydrogen-bond acceptors (Lipinski definition) is 3. The van der Waals surface area contributed by atoms with Crippen molar-refractivity contribution in [2.24, 2.45) is 0 Å². The fourth-order valence-corrected chi connectivity index (χ4v) is 2.04. The van der Waals surface area contributed by atoms with Gasteiger partial charge in [-0.05, 0) is 25.8 Å². The van der Waals surface area contributed by atoms with Crippen molar-refractivity contribution >= 4 is 0 Å². The Balaban J connectivity index is 1.94. The fourth-order valence-electron chi connectivity index (χ4n) is 2.04. The van der Waals surface area contributed by atoms with E-state index in [1.54, 1.807) is 6.33 Å².